The van der Waals surface area contributed by atoms with Gasteiger partial charge in [0.2, 0.25) is 5.91 Å². The van der Waals surface area contributed by atoms with Gasteiger partial charge in [0.15, 0.2) is 0 Å². The summed E-state index contributed by atoms with van der Waals surface area (Å²) < 4.78 is 28.3. The van der Waals surface area contributed by atoms with Crippen LogP contribution in [-0.2, 0) is 10.0 Å². The molecule has 2 rings (SSSR count). The standard InChI is InChI=1S/C13H9Br2ClN2O3S/c14-7-1-3-10(15)12(5-7)22(20,21)18-8-2-4-11(16)9(6-8)13(17)19/h1-6,18H,(H2,17,19). The van der Waals surface area contributed by atoms with Crippen molar-refractivity contribution in [3.05, 3.63) is 55.9 Å². The van der Waals surface area contributed by atoms with E-state index in [1.54, 1.807) is 12.1 Å². The van der Waals surface area contributed by atoms with Crippen molar-refractivity contribution < 1.29 is 13.2 Å². The summed E-state index contributed by atoms with van der Waals surface area (Å²) in [7, 11) is -3.84. The van der Waals surface area contributed by atoms with Crippen LogP contribution in [0.2, 0.25) is 5.02 Å². The molecule has 0 aliphatic heterocycles. The highest BCUT2D eigenvalue weighted by atomic mass is 79.9. The lowest BCUT2D eigenvalue weighted by Crippen LogP contribution is -2.16. The van der Waals surface area contributed by atoms with Crippen LogP contribution in [0.3, 0.4) is 0 Å². The second-order valence-electron chi connectivity index (χ2n) is 4.24. The Morgan fingerprint density at radius 1 is 1.14 bits per heavy atom. The summed E-state index contributed by atoms with van der Waals surface area (Å²) in [5.41, 5.74) is 5.41. The highest BCUT2D eigenvalue weighted by Crippen LogP contribution is 2.28. The fraction of sp³-hybridized carbons (Fsp3) is 0. The van der Waals surface area contributed by atoms with Gasteiger partial charge in [0.25, 0.3) is 10.0 Å². The molecule has 0 spiro atoms. The molecule has 0 aliphatic carbocycles. The second kappa shape index (κ2) is 6.57. The third-order valence-electron chi connectivity index (χ3n) is 2.67. The van der Waals surface area contributed by atoms with E-state index in [4.69, 9.17) is 17.3 Å². The van der Waals surface area contributed by atoms with E-state index in [1.807, 2.05) is 0 Å². The molecule has 0 aromatic heterocycles. The van der Waals surface area contributed by atoms with Crippen LogP contribution in [-0.4, -0.2) is 14.3 Å². The van der Waals surface area contributed by atoms with Gasteiger partial charge in [-0.2, -0.15) is 0 Å². The minimum atomic E-state index is -3.84. The molecule has 9 heteroatoms. The van der Waals surface area contributed by atoms with E-state index in [9.17, 15) is 13.2 Å². The van der Waals surface area contributed by atoms with Gasteiger partial charge >= 0.3 is 0 Å². The Morgan fingerprint density at radius 3 is 2.45 bits per heavy atom. The molecule has 2 aromatic carbocycles. The molecule has 116 valence electrons. The van der Waals surface area contributed by atoms with E-state index in [0.717, 1.165) is 0 Å². The van der Waals surface area contributed by atoms with Gasteiger partial charge in [0, 0.05) is 14.6 Å². The van der Waals surface area contributed by atoms with E-state index in [0.29, 0.717) is 8.95 Å². The number of hydrogen-bond acceptors (Lipinski definition) is 3. The van der Waals surface area contributed by atoms with Crippen LogP contribution < -0.4 is 10.5 Å². The first kappa shape index (κ1) is 17.3. The number of halogens is 3. The number of anilines is 1. The predicted molar refractivity (Wildman–Crippen MR) is 92.6 cm³/mol. The molecule has 0 heterocycles. The summed E-state index contributed by atoms with van der Waals surface area (Å²) in [6, 6.07) is 8.89. The lowest BCUT2D eigenvalue weighted by molar-refractivity contribution is 0.100. The largest absolute Gasteiger partial charge is 0.366 e. The Labute approximate surface area is 149 Å². The molecule has 22 heavy (non-hydrogen) atoms. The van der Waals surface area contributed by atoms with E-state index < -0.39 is 15.9 Å². The number of carbonyl (C=O) groups is 1. The summed E-state index contributed by atoms with van der Waals surface area (Å²) in [6.45, 7) is 0. The maximum Gasteiger partial charge on any atom is 0.263 e. The number of sulfonamides is 1. The average Bonchev–Trinajstić information content (AvgIpc) is 2.43. The summed E-state index contributed by atoms with van der Waals surface area (Å²) >= 11 is 12.3. The third-order valence-corrected chi connectivity index (χ3v) is 5.86. The number of hydrogen-bond donors (Lipinski definition) is 2. The van der Waals surface area contributed by atoms with Gasteiger partial charge in [-0.15, -0.1) is 0 Å². The van der Waals surface area contributed by atoms with Crippen LogP contribution in [0, 0.1) is 0 Å². The van der Waals surface area contributed by atoms with Crippen molar-refractivity contribution in [2.45, 2.75) is 4.90 Å². The SMILES string of the molecule is NC(=O)c1cc(NS(=O)(=O)c2cc(Br)ccc2Br)ccc1Cl. The normalized spacial score (nSPS) is 11.2. The monoisotopic (exact) mass is 466 g/mol. The first-order valence-electron chi connectivity index (χ1n) is 5.78. The molecule has 0 saturated carbocycles. The van der Waals surface area contributed by atoms with Crippen LogP contribution in [0.5, 0.6) is 0 Å². The second-order valence-corrected chi connectivity index (χ2v) is 8.07. The molecule has 0 unspecified atom stereocenters. The zero-order valence-electron chi connectivity index (χ0n) is 10.8. The van der Waals surface area contributed by atoms with E-state index in [2.05, 4.69) is 36.6 Å². The summed E-state index contributed by atoms with van der Waals surface area (Å²) in [5, 5.41) is 0.152. The summed E-state index contributed by atoms with van der Waals surface area (Å²) in [5.74, 6) is -0.741. The number of rotatable bonds is 4. The van der Waals surface area contributed by atoms with Crippen LogP contribution in [0.15, 0.2) is 50.2 Å². The minimum absolute atomic E-state index is 0.0372. The van der Waals surface area contributed by atoms with Crippen molar-refractivity contribution in [2.75, 3.05) is 4.72 Å². The zero-order chi connectivity index (χ0) is 16.5. The number of nitrogens with two attached hydrogens (primary N) is 1. The summed E-state index contributed by atoms with van der Waals surface area (Å²) in [6.07, 6.45) is 0. The molecule has 1 amide bonds. The van der Waals surface area contributed by atoms with E-state index >= 15 is 0 Å². The number of primary amides is 1. The first-order chi connectivity index (χ1) is 10.2. The Bertz CT molecular complexity index is 856. The number of benzene rings is 2. The molecule has 0 saturated heterocycles. The zero-order valence-corrected chi connectivity index (χ0v) is 15.6. The Kier molecular flexibility index (Phi) is 5.16. The molecular formula is C13H9Br2ClN2O3S. The number of nitrogens with one attached hydrogen (secondary N) is 1. The quantitative estimate of drug-likeness (QED) is 0.716. The third kappa shape index (κ3) is 3.81. The average molecular weight is 469 g/mol. The van der Waals surface area contributed by atoms with Crippen molar-refractivity contribution in [3.8, 4) is 0 Å². The van der Waals surface area contributed by atoms with Gasteiger partial charge in [0.1, 0.15) is 4.90 Å². The van der Waals surface area contributed by atoms with Gasteiger partial charge < -0.3 is 5.73 Å². The highest BCUT2D eigenvalue weighted by molar-refractivity contribution is 9.11. The topological polar surface area (TPSA) is 89.3 Å². The maximum atomic E-state index is 12.4. The van der Waals surface area contributed by atoms with Crippen molar-refractivity contribution in [3.63, 3.8) is 0 Å². The lowest BCUT2D eigenvalue weighted by atomic mass is 10.2. The fourth-order valence-electron chi connectivity index (χ4n) is 1.67. The van der Waals surface area contributed by atoms with Gasteiger partial charge in [-0.25, -0.2) is 8.42 Å². The van der Waals surface area contributed by atoms with Gasteiger partial charge in [-0.1, -0.05) is 27.5 Å². The molecule has 0 radical (unpaired) electrons. The highest BCUT2D eigenvalue weighted by Gasteiger charge is 2.19. The van der Waals surface area contributed by atoms with Crippen molar-refractivity contribution in [1.82, 2.24) is 0 Å². The minimum Gasteiger partial charge on any atom is -0.366 e. The Hall–Kier alpha value is -1.09. The van der Waals surface area contributed by atoms with Gasteiger partial charge in [-0.3, -0.25) is 9.52 Å². The van der Waals surface area contributed by atoms with Crippen LogP contribution >= 0.6 is 43.5 Å². The van der Waals surface area contributed by atoms with Crippen LogP contribution in [0.25, 0.3) is 0 Å². The molecule has 0 aliphatic rings. The summed E-state index contributed by atoms with van der Waals surface area (Å²) in [4.78, 5) is 11.3. The smallest absolute Gasteiger partial charge is 0.263 e. The number of amides is 1. The molecular weight excluding hydrogens is 459 g/mol. The molecule has 0 bridgehead atoms. The van der Waals surface area contributed by atoms with Crippen molar-refractivity contribution >= 4 is 65.1 Å². The fourth-order valence-corrected chi connectivity index (χ4v) is 4.43. The van der Waals surface area contributed by atoms with E-state index in [1.165, 1.54) is 24.3 Å². The Balaban J connectivity index is 2.43. The van der Waals surface area contributed by atoms with Crippen LogP contribution in [0.4, 0.5) is 5.69 Å². The van der Waals surface area contributed by atoms with Crippen LogP contribution in [0.1, 0.15) is 10.4 Å². The van der Waals surface area contributed by atoms with Crippen molar-refractivity contribution in [2.24, 2.45) is 5.73 Å². The molecule has 0 fully saturated rings. The molecule has 2 aromatic rings. The first-order valence-corrected chi connectivity index (χ1v) is 9.22. The predicted octanol–water partition coefficient (Wildman–Crippen LogP) is 3.76. The van der Waals surface area contributed by atoms with Crippen molar-refractivity contribution in [1.29, 1.82) is 0 Å². The molecule has 0 atom stereocenters. The molecule has 3 N–H and O–H groups in total. The van der Waals surface area contributed by atoms with Gasteiger partial charge in [-0.05, 0) is 52.3 Å². The molecule has 5 nitrogen and oxygen atoms in total. The maximum absolute atomic E-state index is 12.4. The Morgan fingerprint density at radius 2 is 1.82 bits per heavy atom. The lowest BCUT2D eigenvalue weighted by Gasteiger charge is -2.11. The number of carbonyl (C=O) groups excluding carboxylic acids is 1. The van der Waals surface area contributed by atoms with E-state index in [-0.39, 0.29) is 21.2 Å². The van der Waals surface area contributed by atoms with Gasteiger partial charge in [0.05, 0.1) is 10.6 Å².